The summed E-state index contributed by atoms with van der Waals surface area (Å²) in [5.41, 5.74) is -0.999. The predicted molar refractivity (Wildman–Crippen MR) is 109 cm³/mol. The number of hydrogen-bond acceptors (Lipinski definition) is 9. The second-order valence-corrected chi connectivity index (χ2v) is 7.06. The van der Waals surface area contributed by atoms with E-state index in [0.717, 1.165) is 12.3 Å². The number of alkyl halides is 2. The van der Waals surface area contributed by atoms with Crippen LogP contribution >= 0.6 is 0 Å². The molecule has 180 valence electrons. The molecule has 1 fully saturated rings. The van der Waals surface area contributed by atoms with Crippen molar-refractivity contribution in [2.45, 2.75) is 24.2 Å². The maximum atomic E-state index is 14.6. The number of ether oxygens (including phenoxy) is 4. The molecule has 13 heteroatoms. The lowest BCUT2D eigenvalue weighted by Crippen LogP contribution is -2.57. The first-order valence-electron chi connectivity index (χ1n) is 9.66. The summed E-state index contributed by atoms with van der Waals surface area (Å²) in [5.74, 6) is -3.90. The van der Waals surface area contributed by atoms with Gasteiger partial charge in [0.25, 0.3) is 11.8 Å². The number of carbonyl (C=O) groups excluding carboxylic acids is 1. The van der Waals surface area contributed by atoms with Gasteiger partial charge in [-0.25, -0.2) is 13.6 Å². The molecule has 11 nitrogen and oxygen atoms in total. The average molecular weight is 471 g/mol. The Morgan fingerprint density at radius 2 is 1.91 bits per heavy atom. The molecule has 2 heterocycles. The number of aliphatic hydroxyl groups is 2. The van der Waals surface area contributed by atoms with E-state index < -0.39 is 49.0 Å². The van der Waals surface area contributed by atoms with E-state index in [4.69, 9.17) is 24.1 Å². The van der Waals surface area contributed by atoms with Crippen LogP contribution in [-0.2, 0) is 4.74 Å². The molecule has 0 saturated carbocycles. The van der Waals surface area contributed by atoms with Gasteiger partial charge in [-0.05, 0) is 18.2 Å². The number of carbonyl (C=O) groups is 1. The second-order valence-electron chi connectivity index (χ2n) is 7.06. The topological polar surface area (TPSA) is 141 Å². The Kier molecular flexibility index (Phi) is 7.15. The van der Waals surface area contributed by atoms with Gasteiger partial charge >= 0.3 is 5.69 Å². The average Bonchev–Trinajstić information content (AvgIpc) is 2.80. The Labute approximate surface area is 186 Å². The number of benzene rings is 1. The predicted octanol–water partition coefficient (Wildman–Crippen LogP) is 0.450. The highest BCUT2D eigenvalue weighted by atomic mass is 19.3. The minimum Gasteiger partial charge on any atom is -0.493 e. The summed E-state index contributed by atoms with van der Waals surface area (Å²) in [6.45, 7) is -1.43. The van der Waals surface area contributed by atoms with Crippen molar-refractivity contribution in [1.82, 2.24) is 9.55 Å². The molecular formula is C20H23F2N3O8. The number of amides is 1. The molecule has 1 aromatic carbocycles. The summed E-state index contributed by atoms with van der Waals surface area (Å²) in [6, 6.07) is 2.07. The molecule has 1 saturated heterocycles. The first-order chi connectivity index (χ1) is 15.7. The monoisotopic (exact) mass is 471 g/mol. The number of nitrogens with zero attached hydrogens (tertiary/aromatic N) is 2. The van der Waals surface area contributed by atoms with Gasteiger partial charge in [0.05, 0.1) is 34.5 Å². The normalized spacial score (nSPS) is 21.8. The third kappa shape index (κ3) is 4.60. The standard InChI is InChI=1S/C20H23F2N3O8/c1-30-11-6-10(7-12(31-2)16(11)32-3)18(28)23-15-4-5-25(19(29)24-15)14-9-33-13(8-26)17(27)20(14,21)22/h4-7,13-14,17,26-27H,8-9H2,1-3H3,(H,23,24,28,29)/t13-,14?,17-/m1/s1. The summed E-state index contributed by atoms with van der Waals surface area (Å²) >= 11 is 0. The minimum atomic E-state index is -3.77. The zero-order chi connectivity index (χ0) is 24.3. The summed E-state index contributed by atoms with van der Waals surface area (Å²) in [5, 5.41) is 21.2. The molecule has 1 amide bonds. The van der Waals surface area contributed by atoms with Crippen LogP contribution in [0.15, 0.2) is 29.2 Å². The number of methoxy groups -OCH3 is 3. The Bertz CT molecular complexity index is 1050. The SMILES string of the molecule is COc1cc(C(=O)Nc2ccn(C3CO[C@H](CO)[C@@H](O)C3(F)F)c(=O)n2)cc(OC)c1OC. The fourth-order valence-corrected chi connectivity index (χ4v) is 3.40. The van der Waals surface area contributed by atoms with Crippen molar-refractivity contribution in [1.29, 1.82) is 0 Å². The number of halogens is 2. The molecule has 3 N–H and O–H groups in total. The molecule has 0 spiro atoms. The number of aromatic nitrogens is 2. The Hall–Kier alpha value is -3.29. The lowest BCUT2D eigenvalue weighted by atomic mass is 9.97. The van der Waals surface area contributed by atoms with E-state index in [2.05, 4.69) is 10.3 Å². The molecular weight excluding hydrogens is 448 g/mol. The lowest BCUT2D eigenvalue weighted by Gasteiger charge is -2.39. The highest BCUT2D eigenvalue weighted by molar-refractivity contribution is 6.04. The molecule has 2 aromatic rings. The van der Waals surface area contributed by atoms with Crippen LogP contribution in [0.1, 0.15) is 16.4 Å². The first kappa shape index (κ1) is 24.4. The molecule has 0 aliphatic carbocycles. The van der Waals surface area contributed by atoms with Crippen molar-refractivity contribution in [2.24, 2.45) is 0 Å². The van der Waals surface area contributed by atoms with Gasteiger partial charge in [-0.3, -0.25) is 9.36 Å². The smallest absolute Gasteiger partial charge is 0.350 e. The van der Waals surface area contributed by atoms with Crippen LogP contribution in [0.5, 0.6) is 17.2 Å². The number of hydrogen-bond donors (Lipinski definition) is 3. The highest BCUT2D eigenvalue weighted by Crippen LogP contribution is 2.39. The van der Waals surface area contributed by atoms with Crippen LogP contribution in [-0.4, -0.2) is 78.3 Å². The molecule has 0 radical (unpaired) electrons. The molecule has 1 aromatic heterocycles. The van der Waals surface area contributed by atoms with E-state index in [1.807, 2.05) is 0 Å². The van der Waals surface area contributed by atoms with Crippen molar-refractivity contribution in [3.05, 3.63) is 40.4 Å². The van der Waals surface area contributed by atoms with Crippen molar-refractivity contribution in [3.63, 3.8) is 0 Å². The molecule has 3 rings (SSSR count). The van der Waals surface area contributed by atoms with Crippen molar-refractivity contribution < 1.29 is 42.7 Å². The third-order valence-corrected chi connectivity index (χ3v) is 5.17. The molecule has 1 unspecified atom stereocenters. The number of rotatable bonds is 7. The number of aliphatic hydroxyl groups excluding tert-OH is 2. The maximum Gasteiger partial charge on any atom is 0.350 e. The number of nitrogens with one attached hydrogen (secondary N) is 1. The van der Waals surface area contributed by atoms with Gasteiger partial charge < -0.3 is 34.5 Å². The van der Waals surface area contributed by atoms with Gasteiger partial charge in [0.1, 0.15) is 24.1 Å². The lowest BCUT2D eigenvalue weighted by molar-refractivity contribution is -0.243. The van der Waals surface area contributed by atoms with Crippen molar-refractivity contribution >= 4 is 11.7 Å². The number of anilines is 1. The minimum absolute atomic E-state index is 0.0980. The highest BCUT2D eigenvalue weighted by Gasteiger charge is 2.55. The fraction of sp³-hybridized carbons (Fsp3) is 0.450. The zero-order valence-electron chi connectivity index (χ0n) is 17.9. The van der Waals surface area contributed by atoms with Crippen LogP contribution in [0.2, 0.25) is 0 Å². The van der Waals surface area contributed by atoms with Gasteiger partial charge in [0.2, 0.25) is 5.75 Å². The van der Waals surface area contributed by atoms with Crippen molar-refractivity contribution in [2.75, 3.05) is 39.9 Å². The summed E-state index contributed by atoms with van der Waals surface area (Å²) in [4.78, 5) is 28.7. The van der Waals surface area contributed by atoms with E-state index in [-0.39, 0.29) is 28.6 Å². The van der Waals surface area contributed by atoms with E-state index in [0.29, 0.717) is 4.57 Å². The van der Waals surface area contributed by atoms with Crippen LogP contribution < -0.4 is 25.2 Å². The van der Waals surface area contributed by atoms with Crippen LogP contribution in [0, 0.1) is 0 Å². The first-order valence-corrected chi connectivity index (χ1v) is 9.66. The van der Waals surface area contributed by atoms with Gasteiger partial charge in [-0.1, -0.05) is 0 Å². The third-order valence-electron chi connectivity index (χ3n) is 5.17. The molecule has 1 aliphatic heterocycles. The van der Waals surface area contributed by atoms with Gasteiger partial charge in [0.15, 0.2) is 11.5 Å². The Morgan fingerprint density at radius 3 is 2.42 bits per heavy atom. The molecule has 3 atom stereocenters. The van der Waals surface area contributed by atoms with Gasteiger partial charge in [0, 0.05) is 11.8 Å². The summed E-state index contributed by atoms with van der Waals surface area (Å²) in [6.07, 6.45) is -2.78. The quantitative estimate of drug-likeness (QED) is 0.525. The zero-order valence-corrected chi connectivity index (χ0v) is 17.9. The molecule has 0 bridgehead atoms. The Morgan fingerprint density at radius 1 is 1.27 bits per heavy atom. The molecule has 1 aliphatic rings. The largest absolute Gasteiger partial charge is 0.493 e. The van der Waals surface area contributed by atoms with Crippen LogP contribution in [0.3, 0.4) is 0 Å². The van der Waals surface area contributed by atoms with E-state index in [9.17, 15) is 23.5 Å². The van der Waals surface area contributed by atoms with Crippen molar-refractivity contribution in [3.8, 4) is 17.2 Å². The van der Waals surface area contributed by atoms with Crippen LogP contribution in [0.4, 0.5) is 14.6 Å². The van der Waals surface area contributed by atoms with Gasteiger partial charge in [-0.15, -0.1) is 0 Å². The summed E-state index contributed by atoms with van der Waals surface area (Å²) < 4.78 is 50.4. The second kappa shape index (κ2) is 9.68. The van der Waals surface area contributed by atoms with Crippen LogP contribution in [0.25, 0.3) is 0 Å². The van der Waals surface area contributed by atoms with E-state index in [1.165, 1.54) is 33.5 Å². The maximum absolute atomic E-state index is 14.6. The Balaban J connectivity index is 1.84. The summed E-state index contributed by atoms with van der Waals surface area (Å²) in [7, 11) is 4.16. The van der Waals surface area contributed by atoms with E-state index >= 15 is 0 Å². The van der Waals surface area contributed by atoms with Gasteiger partial charge in [-0.2, -0.15) is 4.98 Å². The van der Waals surface area contributed by atoms with E-state index in [1.54, 1.807) is 0 Å². The molecule has 33 heavy (non-hydrogen) atoms. The fourth-order valence-electron chi connectivity index (χ4n) is 3.40.